The first-order valence-electron chi connectivity index (χ1n) is 12.3. The van der Waals surface area contributed by atoms with E-state index < -0.39 is 12.2 Å². The number of ether oxygens (including phenoxy) is 2. The van der Waals surface area contributed by atoms with E-state index >= 15 is 0 Å². The van der Waals surface area contributed by atoms with Crippen LogP contribution in [0.3, 0.4) is 0 Å². The molecule has 0 saturated heterocycles. The number of carbonyl (C=O) groups excluding carboxylic acids is 2. The molecule has 192 valence electrons. The summed E-state index contributed by atoms with van der Waals surface area (Å²) >= 11 is 0. The summed E-state index contributed by atoms with van der Waals surface area (Å²) in [6.45, 7) is 0.417. The van der Waals surface area contributed by atoms with Crippen LogP contribution in [-0.2, 0) is 29.2 Å². The van der Waals surface area contributed by atoms with E-state index in [0.29, 0.717) is 11.4 Å². The molecule has 0 bridgehead atoms. The number of benzene rings is 4. The van der Waals surface area contributed by atoms with Crippen molar-refractivity contribution in [3.8, 4) is 0 Å². The molecule has 0 saturated carbocycles. The molecule has 38 heavy (non-hydrogen) atoms. The lowest BCUT2D eigenvalue weighted by Crippen LogP contribution is -2.38. The van der Waals surface area contributed by atoms with Crippen molar-refractivity contribution >= 4 is 18.0 Å². The van der Waals surface area contributed by atoms with Crippen LogP contribution in [0, 0.1) is 0 Å². The molecule has 0 aliphatic heterocycles. The van der Waals surface area contributed by atoms with Crippen LogP contribution in [0.15, 0.2) is 126 Å². The lowest BCUT2D eigenvalue weighted by atomic mass is 10.1. The largest absolute Gasteiger partial charge is 0.445 e. The summed E-state index contributed by atoms with van der Waals surface area (Å²) in [5.41, 5.74) is 3.37. The van der Waals surface area contributed by atoms with E-state index in [1.807, 2.05) is 121 Å². The molecule has 0 unspecified atom stereocenters. The van der Waals surface area contributed by atoms with E-state index in [9.17, 15) is 9.59 Å². The Bertz CT molecular complexity index is 1310. The number of nitrogens with zero attached hydrogens (tertiary/aromatic N) is 2. The third-order valence-electron chi connectivity index (χ3n) is 5.56. The molecule has 7 nitrogen and oxygen atoms in total. The number of alkyl carbamates (subject to hydrolysis) is 1. The van der Waals surface area contributed by atoms with Gasteiger partial charge in [0.1, 0.15) is 25.7 Å². The van der Waals surface area contributed by atoms with Gasteiger partial charge in [-0.1, -0.05) is 121 Å². The van der Waals surface area contributed by atoms with E-state index in [1.54, 1.807) is 0 Å². The normalized spacial score (nSPS) is 10.9. The number of carbonyl (C=O) groups is 2. The van der Waals surface area contributed by atoms with Gasteiger partial charge in [-0.05, 0) is 16.7 Å². The topological polar surface area (TPSA) is 80.2 Å². The molecule has 0 heterocycles. The summed E-state index contributed by atoms with van der Waals surface area (Å²) in [6, 6.07) is 37.8. The lowest BCUT2D eigenvalue weighted by Gasteiger charge is -2.24. The fourth-order valence-corrected chi connectivity index (χ4v) is 3.66. The van der Waals surface area contributed by atoms with Gasteiger partial charge in [-0.2, -0.15) is 0 Å². The number of hydrogen-bond acceptors (Lipinski definition) is 5. The Hall–Kier alpha value is -4.91. The van der Waals surface area contributed by atoms with Gasteiger partial charge in [0, 0.05) is 5.56 Å². The number of hydrogen-bond donors (Lipinski definition) is 1. The molecule has 0 radical (unpaired) electrons. The van der Waals surface area contributed by atoms with Crippen LogP contribution < -0.4 is 5.32 Å². The van der Waals surface area contributed by atoms with E-state index in [-0.39, 0.29) is 26.4 Å². The first-order chi connectivity index (χ1) is 18.7. The number of amides is 2. The van der Waals surface area contributed by atoms with Crippen molar-refractivity contribution in [1.82, 2.24) is 10.2 Å². The number of amidine groups is 1. The van der Waals surface area contributed by atoms with Crippen molar-refractivity contribution in [3.63, 3.8) is 0 Å². The predicted molar refractivity (Wildman–Crippen MR) is 146 cm³/mol. The summed E-state index contributed by atoms with van der Waals surface area (Å²) in [5.74, 6) is 0.371. The fraction of sp³-hybridized carbons (Fsp3) is 0.129. The van der Waals surface area contributed by atoms with Gasteiger partial charge in [0.15, 0.2) is 0 Å². The Balaban J connectivity index is 1.52. The van der Waals surface area contributed by atoms with E-state index in [2.05, 4.69) is 10.3 Å². The Morgan fingerprint density at radius 1 is 0.632 bits per heavy atom. The molecular formula is C31H29N3O4. The highest BCUT2D eigenvalue weighted by atomic mass is 16.6. The summed E-state index contributed by atoms with van der Waals surface area (Å²) in [7, 11) is 0. The Morgan fingerprint density at radius 3 is 1.66 bits per heavy atom. The van der Waals surface area contributed by atoms with Crippen LogP contribution in [0.25, 0.3) is 0 Å². The smallest absolute Gasteiger partial charge is 0.416 e. The third kappa shape index (κ3) is 8.06. The predicted octanol–water partition coefficient (Wildman–Crippen LogP) is 6.16. The van der Waals surface area contributed by atoms with Gasteiger partial charge in [-0.3, -0.25) is 4.90 Å². The molecule has 0 aromatic heterocycles. The van der Waals surface area contributed by atoms with Crippen molar-refractivity contribution in [3.05, 3.63) is 144 Å². The highest BCUT2D eigenvalue weighted by Crippen LogP contribution is 2.14. The second-order valence-corrected chi connectivity index (χ2v) is 8.36. The summed E-state index contributed by atoms with van der Waals surface area (Å²) in [5, 5.41) is 2.64. The molecule has 4 aromatic carbocycles. The van der Waals surface area contributed by atoms with Gasteiger partial charge >= 0.3 is 12.2 Å². The highest BCUT2D eigenvalue weighted by Gasteiger charge is 2.23. The Labute approximate surface area is 222 Å². The molecule has 1 N–H and O–H groups in total. The van der Waals surface area contributed by atoms with Crippen molar-refractivity contribution in [1.29, 1.82) is 0 Å². The quantitative estimate of drug-likeness (QED) is 0.217. The molecule has 0 fully saturated rings. The standard InChI is InChI=1S/C31H29N3O4/c35-30(37-22-26-15-7-2-8-16-26)33-24-32-29(28-19-11-4-12-20-28)34(21-25-13-5-1-6-14-25)31(36)38-23-27-17-9-3-10-18-27/h1-20H,21-24H2,(H,33,35). The van der Waals surface area contributed by atoms with Crippen molar-refractivity contribution in [2.24, 2.45) is 4.99 Å². The highest BCUT2D eigenvalue weighted by molar-refractivity contribution is 6.06. The Kier molecular flexibility index (Phi) is 9.63. The molecule has 0 aliphatic rings. The third-order valence-corrected chi connectivity index (χ3v) is 5.56. The van der Waals surface area contributed by atoms with E-state index in [1.165, 1.54) is 4.90 Å². The number of nitrogens with one attached hydrogen (secondary N) is 1. The second-order valence-electron chi connectivity index (χ2n) is 8.36. The molecule has 0 aliphatic carbocycles. The molecule has 0 spiro atoms. The van der Waals surface area contributed by atoms with Crippen molar-refractivity contribution in [2.75, 3.05) is 6.67 Å². The zero-order chi connectivity index (χ0) is 26.4. The second kappa shape index (κ2) is 14.0. The van der Waals surface area contributed by atoms with Crippen LogP contribution in [0.2, 0.25) is 0 Å². The average Bonchev–Trinajstić information content (AvgIpc) is 2.98. The number of rotatable bonds is 9. The zero-order valence-electron chi connectivity index (χ0n) is 20.9. The van der Waals surface area contributed by atoms with Gasteiger partial charge in [0.25, 0.3) is 0 Å². The van der Waals surface area contributed by atoms with Gasteiger partial charge in [0.2, 0.25) is 0 Å². The first-order valence-corrected chi connectivity index (χ1v) is 12.3. The maximum Gasteiger partial charge on any atom is 0.416 e. The van der Waals surface area contributed by atoms with Crippen LogP contribution in [0.5, 0.6) is 0 Å². The summed E-state index contributed by atoms with van der Waals surface area (Å²) in [4.78, 5) is 31.8. The molecule has 0 atom stereocenters. The SMILES string of the molecule is O=C(NCN=C(c1ccccc1)N(Cc1ccccc1)C(=O)OCc1ccccc1)OCc1ccccc1. The van der Waals surface area contributed by atoms with Gasteiger partial charge in [-0.25, -0.2) is 14.6 Å². The van der Waals surface area contributed by atoms with Crippen molar-refractivity contribution < 1.29 is 19.1 Å². The monoisotopic (exact) mass is 507 g/mol. The zero-order valence-corrected chi connectivity index (χ0v) is 20.9. The summed E-state index contributed by atoms with van der Waals surface area (Å²) < 4.78 is 11.0. The molecule has 7 heteroatoms. The first kappa shape index (κ1) is 26.2. The van der Waals surface area contributed by atoms with Gasteiger partial charge in [0.05, 0.1) is 6.54 Å². The van der Waals surface area contributed by atoms with Crippen LogP contribution in [-0.4, -0.2) is 29.6 Å². The fourth-order valence-electron chi connectivity index (χ4n) is 3.66. The van der Waals surface area contributed by atoms with Crippen LogP contribution in [0.1, 0.15) is 22.3 Å². The average molecular weight is 508 g/mol. The minimum absolute atomic E-state index is 0.0882. The lowest BCUT2D eigenvalue weighted by molar-refractivity contribution is 0.114. The Morgan fingerprint density at radius 2 is 1.11 bits per heavy atom. The number of aliphatic imine (C=N–C) groups is 1. The maximum absolute atomic E-state index is 13.4. The summed E-state index contributed by atoms with van der Waals surface area (Å²) in [6.07, 6.45) is -1.15. The maximum atomic E-state index is 13.4. The van der Waals surface area contributed by atoms with Crippen LogP contribution >= 0.6 is 0 Å². The van der Waals surface area contributed by atoms with E-state index in [4.69, 9.17) is 9.47 Å². The minimum Gasteiger partial charge on any atom is -0.445 e. The molecule has 4 aromatic rings. The van der Waals surface area contributed by atoms with Gasteiger partial charge < -0.3 is 14.8 Å². The molecular weight excluding hydrogens is 478 g/mol. The van der Waals surface area contributed by atoms with Gasteiger partial charge in [-0.15, -0.1) is 0 Å². The molecule has 4 rings (SSSR count). The van der Waals surface area contributed by atoms with Crippen LogP contribution in [0.4, 0.5) is 9.59 Å². The minimum atomic E-state index is -0.605. The van der Waals surface area contributed by atoms with Crippen molar-refractivity contribution in [2.45, 2.75) is 19.8 Å². The van der Waals surface area contributed by atoms with E-state index in [0.717, 1.165) is 16.7 Å². The molecule has 2 amide bonds.